The molecule has 21 rings (SSSR count). The van der Waals surface area contributed by atoms with Crippen LogP contribution in [0.2, 0.25) is 0 Å². The zero-order valence-corrected chi connectivity index (χ0v) is 69.5. The summed E-state index contributed by atoms with van der Waals surface area (Å²) in [4.78, 5) is 102. The summed E-state index contributed by atoms with van der Waals surface area (Å²) in [6, 6.07) is 0. The molecule has 18 nitrogen and oxygen atoms in total. The van der Waals surface area contributed by atoms with Gasteiger partial charge in [0.15, 0.2) is 0 Å². The lowest BCUT2D eigenvalue weighted by Gasteiger charge is -2.62. The lowest BCUT2D eigenvalue weighted by Crippen LogP contribution is -2.67. The van der Waals surface area contributed by atoms with Crippen LogP contribution in [0.25, 0.3) is 0 Å². The molecule has 18 heteroatoms. The summed E-state index contributed by atoms with van der Waals surface area (Å²) in [6.07, 6.45) is 31.1. The van der Waals surface area contributed by atoms with Gasteiger partial charge in [-0.25, -0.2) is 0 Å². The van der Waals surface area contributed by atoms with Gasteiger partial charge in [0, 0.05) is 31.1 Å². The van der Waals surface area contributed by atoms with Gasteiger partial charge in [0.25, 0.3) is 0 Å². The van der Waals surface area contributed by atoms with Gasteiger partial charge >= 0.3 is 53.7 Å². The Labute approximate surface area is 706 Å². The molecule has 21 aliphatic rings. The zero-order valence-electron chi connectivity index (χ0n) is 69.5. The van der Waals surface area contributed by atoms with Crippen molar-refractivity contribution >= 4 is 53.7 Å². The van der Waals surface area contributed by atoms with E-state index in [0.717, 1.165) is 129 Å². The summed E-state index contributed by atoms with van der Waals surface area (Å²) in [5.74, 6) is 13.0. The highest BCUT2D eigenvalue weighted by Crippen LogP contribution is 2.64. The Morgan fingerprint density at radius 2 is 0.681 bits per heavy atom. The predicted octanol–water partition coefficient (Wildman–Crippen LogP) is 22.0. The molecule has 0 aromatic rings. The highest BCUT2D eigenvalue weighted by atomic mass is 16.6. The number of fused-ring (bicyclic) bond motifs is 5. The molecule has 0 aromatic carbocycles. The Bertz CT molecular complexity index is 2960. The second-order valence-electron chi connectivity index (χ2n) is 40.2. The highest BCUT2D eigenvalue weighted by molar-refractivity contribution is 5.96. The number of carbonyl (C=O) groups is 9. The summed E-state index contributed by atoms with van der Waals surface area (Å²) < 4.78 is 37.4. The number of hydrogen-bond acceptors (Lipinski definition) is 18. The fraction of sp³-hybridized carbons (Fsp3) is 0.908. The third-order valence-electron chi connectivity index (χ3n) is 33.2. The molecule has 23 atom stereocenters. The van der Waals surface area contributed by atoms with Gasteiger partial charge in [0.1, 0.15) is 29.0 Å². The number of cyclic esters (lactones) is 4. The number of carbonyl (C=O) groups excluding carboxylic acids is 9. The zero-order chi connectivity index (χ0) is 78.8. The molecule has 0 spiro atoms. The monoisotopic (exact) mass is 1640 g/mol. The van der Waals surface area contributed by atoms with Crippen molar-refractivity contribution < 1.29 is 86.5 Å². The van der Waals surface area contributed by atoms with Gasteiger partial charge < -0.3 is 43.4 Å². The number of ether oxygens (including phenoxy) is 7. The van der Waals surface area contributed by atoms with E-state index in [4.69, 9.17) is 23.7 Å². The average Bonchev–Trinajstić information content (AvgIpc) is 1.07. The molecular formula is C98H174O18. The van der Waals surface area contributed by atoms with Crippen molar-refractivity contribution in [3.63, 3.8) is 0 Å². The van der Waals surface area contributed by atoms with Gasteiger partial charge in [0.05, 0.1) is 64.5 Å². The minimum absolute atomic E-state index is 0. The summed E-state index contributed by atoms with van der Waals surface area (Å²) in [6.45, 7) is 36.7. The van der Waals surface area contributed by atoms with Crippen molar-refractivity contribution in [2.45, 2.75) is 404 Å². The molecule has 0 amide bonds. The van der Waals surface area contributed by atoms with Crippen molar-refractivity contribution in [1.29, 1.82) is 0 Å². The first-order chi connectivity index (χ1) is 50.8. The molecule has 0 radical (unpaired) electrons. The van der Waals surface area contributed by atoms with Gasteiger partial charge in [-0.3, -0.25) is 43.2 Å². The van der Waals surface area contributed by atoms with Crippen LogP contribution in [0.15, 0.2) is 0 Å². The van der Waals surface area contributed by atoms with E-state index in [1.54, 1.807) is 40.5 Å². The quantitative estimate of drug-likeness (QED) is 0.105. The molecule has 2 N–H and O–H groups in total. The Kier molecular flexibility index (Phi) is 38.4. The van der Waals surface area contributed by atoms with Gasteiger partial charge in [-0.15, -0.1) is 0 Å². The number of aliphatic hydroxyl groups is 2. The van der Waals surface area contributed by atoms with Crippen LogP contribution in [0.1, 0.15) is 364 Å². The summed E-state index contributed by atoms with van der Waals surface area (Å²) in [7, 11) is 0. The van der Waals surface area contributed by atoms with E-state index in [-0.39, 0.29) is 172 Å². The Hall–Kier alpha value is -4.45. The molecule has 18 saturated carbocycles. The van der Waals surface area contributed by atoms with Crippen molar-refractivity contribution in [3.05, 3.63) is 0 Å². The molecule has 0 aromatic heterocycles. The van der Waals surface area contributed by atoms with Crippen LogP contribution in [0.3, 0.4) is 0 Å². The largest absolute Gasteiger partial charge is 0.459 e. The average molecular weight is 1640 g/mol. The van der Waals surface area contributed by atoms with Gasteiger partial charge in [-0.2, -0.15) is 0 Å². The Balaban J connectivity index is 0.000000346. The predicted molar refractivity (Wildman–Crippen MR) is 461 cm³/mol. The van der Waals surface area contributed by atoms with E-state index in [1.165, 1.54) is 89.9 Å². The molecule has 3 saturated heterocycles. The lowest BCUT2D eigenvalue weighted by atomic mass is 9.50. The minimum atomic E-state index is -0.829. The second kappa shape index (κ2) is 42.1. The number of esters is 9. The van der Waals surface area contributed by atoms with E-state index in [0.29, 0.717) is 54.8 Å². The maximum atomic E-state index is 12.1. The first-order valence-electron chi connectivity index (χ1n) is 43.8. The SMILES string of the molecule is C.C.C.C.C.C.C.C.CC1C(=O)OC(=O)C1C.CC1C(=O)OC(=O)C1C.CC1C2CCC(C2)C1C.CC1C2CCC(C2)C1C.CCC(C)C(=O)OC1(C)C2CC3CC(C2)CC1C3.CCC(C)C(=O)OC1(C)C2CC3CC(C2)CC1C3.CCC(C)C(=O)OC12CC3CC(O)(CC(O)(C3)C1)C2.CCC(C)C(=O)OC1C2CC3C(=O)OC1C3C2. The van der Waals surface area contributed by atoms with E-state index in [9.17, 15) is 53.4 Å². The molecule has 3 aliphatic heterocycles. The molecule has 18 aliphatic carbocycles. The van der Waals surface area contributed by atoms with Crippen molar-refractivity contribution in [2.24, 2.45) is 166 Å². The first-order valence-corrected chi connectivity index (χ1v) is 43.8. The van der Waals surface area contributed by atoms with E-state index < -0.39 is 40.7 Å². The molecule has 674 valence electrons. The summed E-state index contributed by atoms with van der Waals surface area (Å²) in [5, 5.41) is 21.2. The van der Waals surface area contributed by atoms with Crippen molar-refractivity contribution in [3.8, 4) is 0 Å². The molecule has 18 bridgehead atoms. The van der Waals surface area contributed by atoms with Gasteiger partial charge in [-0.1, -0.05) is 170 Å². The molecule has 116 heavy (non-hydrogen) atoms. The topological polar surface area (TPSA) is 259 Å². The maximum Gasteiger partial charge on any atom is 0.317 e. The van der Waals surface area contributed by atoms with Crippen LogP contribution in [0.4, 0.5) is 0 Å². The molecule has 21 fully saturated rings. The van der Waals surface area contributed by atoms with E-state index >= 15 is 0 Å². The van der Waals surface area contributed by atoms with Crippen molar-refractivity contribution in [1.82, 2.24) is 0 Å². The summed E-state index contributed by atoms with van der Waals surface area (Å²) in [5.41, 5.74) is -2.57. The second-order valence-corrected chi connectivity index (χ2v) is 40.2. The fourth-order valence-corrected chi connectivity index (χ4v) is 25.0. The highest BCUT2D eigenvalue weighted by Gasteiger charge is 2.66. The smallest absolute Gasteiger partial charge is 0.317 e. The number of hydrogen-bond donors (Lipinski definition) is 2. The molecule has 23 unspecified atom stereocenters. The molecule has 3 heterocycles. The Morgan fingerprint density at radius 1 is 0.379 bits per heavy atom. The van der Waals surface area contributed by atoms with Crippen LogP contribution in [-0.4, -0.2) is 104 Å². The van der Waals surface area contributed by atoms with Gasteiger partial charge in [-0.05, 0) is 275 Å². The van der Waals surface area contributed by atoms with E-state index in [1.807, 2.05) is 41.5 Å². The minimum Gasteiger partial charge on any atom is -0.459 e. The lowest BCUT2D eigenvalue weighted by molar-refractivity contribution is -0.262. The first kappa shape index (κ1) is 106. The van der Waals surface area contributed by atoms with Crippen molar-refractivity contribution in [2.75, 3.05) is 0 Å². The number of rotatable bonds is 12. The fourth-order valence-electron chi connectivity index (χ4n) is 25.0. The van der Waals surface area contributed by atoms with Crippen LogP contribution < -0.4 is 0 Å². The normalized spacial score (nSPS) is 43.3. The van der Waals surface area contributed by atoms with E-state index in [2.05, 4.69) is 64.9 Å². The van der Waals surface area contributed by atoms with Crippen LogP contribution in [-0.2, 0) is 76.3 Å². The Morgan fingerprint density at radius 3 is 0.948 bits per heavy atom. The van der Waals surface area contributed by atoms with Crippen LogP contribution in [0.5, 0.6) is 0 Å². The van der Waals surface area contributed by atoms with Crippen LogP contribution in [0, 0.1) is 166 Å². The standard InChI is InChI=1S/2C16H26O2.C15H24O4.C13H18O4.2C9H16.2C6H8O3.8CH4/c2*1-4-10(2)15(17)18-16(3)13-6-11-5-12(8-13)9-14(16)7-11;1-3-10(2)12(16)19-15-6-11-4-13(17,8-15)7-14(18,5-11)9-15;1-3-6(2)12(14)16-10-7-4-8-9(5-7)13(15)17-11(8)10;2*1-6-7(2)9-4-3-8(6)5-9;2*1-3-4(2)6(8)9-5(3)7;;;;;;;;/h2*10-14H,4-9H2,1-3H3;10-11,17-18H,3-9H2,1-2H3;6-11H,3-5H2,1-2H3;2*6-9H,3-5H2,1-2H3;2*3-4H,1-2H3;8*1H4. The molecular weight excluding hydrogens is 1470 g/mol. The van der Waals surface area contributed by atoms with Crippen LogP contribution >= 0.6 is 0 Å². The summed E-state index contributed by atoms with van der Waals surface area (Å²) >= 11 is 0. The third-order valence-corrected chi connectivity index (χ3v) is 33.2. The third kappa shape index (κ3) is 22.1. The van der Waals surface area contributed by atoms with Gasteiger partial charge in [0.2, 0.25) is 0 Å². The maximum absolute atomic E-state index is 12.1.